The number of rotatable bonds is 2. The summed E-state index contributed by atoms with van der Waals surface area (Å²) in [5, 5.41) is 20.5. The molecule has 0 heterocycles. The van der Waals surface area contributed by atoms with Crippen LogP contribution in [-0.2, 0) is 0 Å². The van der Waals surface area contributed by atoms with Crippen LogP contribution in [0, 0.1) is 0 Å². The van der Waals surface area contributed by atoms with E-state index in [1.54, 1.807) is 0 Å². The Morgan fingerprint density at radius 2 is 0.549 bits per heavy atom. The Labute approximate surface area is 297 Å². The van der Waals surface area contributed by atoms with Crippen molar-refractivity contribution in [2.24, 2.45) is 0 Å². The second-order valence-corrected chi connectivity index (χ2v) is 13.8. The highest BCUT2D eigenvalue weighted by Gasteiger charge is 2.13. The van der Waals surface area contributed by atoms with E-state index in [2.05, 4.69) is 182 Å². The van der Waals surface area contributed by atoms with Gasteiger partial charge in [-0.3, -0.25) is 0 Å². The maximum atomic E-state index is 2.41. The first-order chi connectivity index (χ1) is 24.7. The van der Waals surface area contributed by atoms with Gasteiger partial charge in [0.2, 0.25) is 0 Å². The van der Waals surface area contributed by atoms with Gasteiger partial charge in [0.1, 0.15) is 0 Å². The molecule has 0 spiro atoms. The maximum Gasteiger partial charge on any atom is 0.0814 e. The summed E-state index contributed by atoms with van der Waals surface area (Å²) in [6, 6.07) is 67.9. The highest BCUT2D eigenvalue weighted by molar-refractivity contribution is 6.18. The van der Waals surface area contributed by atoms with E-state index in [1.807, 2.05) is 0 Å². The molecule has 11 aromatic rings. The first-order valence-electron chi connectivity index (χ1n) is 17.4. The van der Waals surface area contributed by atoms with Gasteiger partial charge in [0.05, 0.1) is 8.41 Å². The zero-order chi connectivity index (χ0) is 32.8. The predicted octanol–water partition coefficient (Wildman–Crippen LogP) is 13.1. The SMILES string of the molecule is B.c1ccc(-c2ccccc2-c2cccc3cc4cc5cc6ccc7cc8cc9cc%10ccccc%10cc9cc8cc7c6cc5cc4cc23)cc1. The summed E-state index contributed by atoms with van der Waals surface area (Å²) in [5.41, 5.74) is 5.02. The molecule has 0 saturated heterocycles. The van der Waals surface area contributed by atoms with E-state index in [-0.39, 0.29) is 8.41 Å². The van der Waals surface area contributed by atoms with E-state index in [9.17, 15) is 0 Å². The average Bonchev–Trinajstić information content (AvgIpc) is 3.16. The standard InChI is InChI=1S/C50H30.BH3/c1-2-9-31(10-3-1)45-14-6-7-15-46(45)47-16-8-13-34-21-39-25-41-23-36-18-17-35-22-40-24-37-19-32-11-4-5-12-33(32)20-38(37)26-42(40)29-49(35)50(36)30-44(41)27-43(39)28-48(34)47;/h1-30H;1H3. The van der Waals surface area contributed by atoms with Crippen LogP contribution in [0.15, 0.2) is 182 Å². The molecule has 0 aliphatic heterocycles. The van der Waals surface area contributed by atoms with Gasteiger partial charge in [0.15, 0.2) is 0 Å². The van der Waals surface area contributed by atoms with Gasteiger partial charge in [-0.15, -0.1) is 0 Å². The molecule has 0 aliphatic rings. The third-order valence-corrected chi connectivity index (χ3v) is 10.8. The van der Waals surface area contributed by atoms with E-state index < -0.39 is 0 Å². The average molecular weight is 645 g/mol. The Morgan fingerprint density at radius 1 is 0.196 bits per heavy atom. The first kappa shape index (κ1) is 29.5. The lowest BCUT2D eigenvalue weighted by atomic mass is 9.90. The van der Waals surface area contributed by atoms with Crippen molar-refractivity contribution in [1.29, 1.82) is 0 Å². The summed E-state index contributed by atoms with van der Waals surface area (Å²) in [6.07, 6.45) is 0. The minimum atomic E-state index is 0. The van der Waals surface area contributed by atoms with Crippen molar-refractivity contribution < 1.29 is 0 Å². The molecule has 0 nitrogen and oxygen atoms in total. The van der Waals surface area contributed by atoms with Crippen molar-refractivity contribution >= 4 is 94.6 Å². The Bertz CT molecular complexity index is 3190. The number of benzene rings is 11. The van der Waals surface area contributed by atoms with Gasteiger partial charge in [0, 0.05) is 0 Å². The molecular formula is C50H33B. The second kappa shape index (κ2) is 11.3. The van der Waals surface area contributed by atoms with Gasteiger partial charge >= 0.3 is 0 Å². The van der Waals surface area contributed by atoms with Crippen molar-refractivity contribution in [3.05, 3.63) is 182 Å². The third kappa shape index (κ3) is 4.70. The summed E-state index contributed by atoms with van der Waals surface area (Å²) in [5.74, 6) is 0. The molecule has 236 valence electrons. The van der Waals surface area contributed by atoms with Crippen molar-refractivity contribution in [2.75, 3.05) is 0 Å². The monoisotopic (exact) mass is 644 g/mol. The highest BCUT2D eigenvalue weighted by Crippen LogP contribution is 2.40. The molecule has 0 aliphatic carbocycles. The smallest absolute Gasteiger partial charge is 0.0622 e. The van der Waals surface area contributed by atoms with Crippen molar-refractivity contribution in [2.45, 2.75) is 0 Å². The summed E-state index contributed by atoms with van der Waals surface area (Å²) in [6.45, 7) is 0. The zero-order valence-electron chi connectivity index (χ0n) is 27.3. The van der Waals surface area contributed by atoms with Gasteiger partial charge in [-0.25, -0.2) is 0 Å². The fraction of sp³-hybridized carbons (Fsp3) is 0. The molecule has 51 heavy (non-hydrogen) atoms. The van der Waals surface area contributed by atoms with Gasteiger partial charge < -0.3 is 0 Å². The molecule has 1 heteroatoms. The molecular weight excluding hydrogens is 611 g/mol. The molecule has 11 aromatic carbocycles. The molecule has 0 amide bonds. The molecule has 0 aromatic heterocycles. The van der Waals surface area contributed by atoms with Crippen molar-refractivity contribution in [3.63, 3.8) is 0 Å². The molecule has 11 rings (SSSR count). The number of hydrogen-bond acceptors (Lipinski definition) is 0. The lowest BCUT2D eigenvalue weighted by Gasteiger charge is -2.14. The highest BCUT2D eigenvalue weighted by atomic mass is 14.2. The third-order valence-electron chi connectivity index (χ3n) is 10.8. The van der Waals surface area contributed by atoms with Gasteiger partial charge in [0.25, 0.3) is 0 Å². The van der Waals surface area contributed by atoms with Crippen molar-refractivity contribution in [1.82, 2.24) is 0 Å². The predicted molar refractivity (Wildman–Crippen MR) is 227 cm³/mol. The van der Waals surface area contributed by atoms with Gasteiger partial charge in [-0.1, -0.05) is 109 Å². The van der Waals surface area contributed by atoms with Crippen LogP contribution in [0.1, 0.15) is 0 Å². The fourth-order valence-electron chi connectivity index (χ4n) is 8.35. The zero-order valence-corrected chi connectivity index (χ0v) is 27.3. The molecule has 0 fully saturated rings. The van der Waals surface area contributed by atoms with Crippen LogP contribution in [0.3, 0.4) is 0 Å². The lowest BCUT2D eigenvalue weighted by Crippen LogP contribution is -1.87. The summed E-state index contributed by atoms with van der Waals surface area (Å²) in [4.78, 5) is 0. The van der Waals surface area contributed by atoms with Crippen molar-refractivity contribution in [3.8, 4) is 22.3 Å². The van der Waals surface area contributed by atoms with E-state index in [0.29, 0.717) is 0 Å². The lowest BCUT2D eigenvalue weighted by molar-refractivity contribution is 1.60. The normalized spacial score (nSPS) is 11.8. The minimum absolute atomic E-state index is 0. The largest absolute Gasteiger partial charge is 0.0814 e. The summed E-state index contributed by atoms with van der Waals surface area (Å²) >= 11 is 0. The number of fused-ring (bicyclic) bond motifs is 9. The molecule has 0 N–H and O–H groups in total. The minimum Gasteiger partial charge on any atom is -0.0622 e. The van der Waals surface area contributed by atoms with Gasteiger partial charge in [-0.2, -0.15) is 0 Å². The first-order valence-corrected chi connectivity index (χ1v) is 17.4. The maximum absolute atomic E-state index is 2.41. The fourth-order valence-corrected chi connectivity index (χ4v) is 8.35. The van der Waals surface area contributed by atoms with Crippen LogP contribution in [0.5, 0.6) is 0 Å². The Morgan fingerprint density at radius 3 is 1.10 bits per heavy atom. The molecule has 0 radical (unpaired) electrons. The summed E-state index contributed by atoms with van der Waals surface area (Å²) in [7, 11) is 0. The van der Waals surface area contributed by atoms with E-state index in [1.165, 1.54) is 108 Å². The van der Waals surface area contributed by atoms with Crippen LogP contribution in [0.25, 0.3) is 108 Å². The van der Waals surface area contributed by atoms with Crippen LogP contribution in [0.4, 0.5) is 0 Å². The topological polar surface area (TPSA) is 0 Å². The molecule has 0 saturated carbocycles. The van der Waals surface area contributed by atoms with E-state index in [4.69, 9.17) is 0 Å². The summed E-state index contributed by atoms with van der Waals surface area (Å²) < 4.78 is 0. The van der Waals surface area contributed by atoms with E-state index in [0.717, 1.165) is 0 Å². The molecule has 0 unspecified atom stereocenters. The Hall–Kier alpha value is -6.44. The second-order valence-electron chi connectivity index (χ2n) is 13.8. The Balaban J connectivity index is 0.00000327. The van der Waals surface area contributed by atoms with Crippen LogP contribution in [0.2, 0.25) is 0 Å². The molecule has 0 bridgehead atoms. The number of hydrogen-bond donors (Lipinski definition) is 0. The van der Waals surface area contributed by atoms with Crippen LogP contribution < -0.4 is 0 Å². The van der Waals surface area contributed by atoms with Crippen LogP contribution in [-0.4, -0.2) is 8.41 Å². The van der Waals surface area contributed by atoms with Gasteiger partial charge in [-0.05, 0) is 181 Å². The van der Waals surface area contributed by atoms with Crippen LogP contribution >= 0.6 is 0 Å². The quantitative estimate of drug-likeness (QED) is 0.0998. The Kier molecular flexibility index (Phi) is 6.53. The van der Waals surface area contributed by atoms with E-state index >= 15 is 0 Å². The molecule has 0 atom stereocenters.